The Bertz CT molecular complexity index is 253. The van der Waals surface area contributed by atoms with Crippen LogP contribution in [-0.4, -0.2) is 36.1 Å². The predicted molar refractivity (Wildman–Crippen MR) is 63.2 cm³/mol. The SMILES string of the molecule is CCOC(=O)CC1(N2CCCC2)CC(C)C1. The van der Waals surface area contributed by atoms with Gasteiger partial charge in [0.1, 0.15) is 0 Å². The van der Waals surface area contributed by atoms with Gasteiger partial charge in [0.15, 0.2) is 0 Å². The van der Waals surface area contributed by atoms with Gasteiger partial charge in [0.2, 0.25) is 0 Å². The van der Waals surface area contributed by atoms with Crippen molar-refractivity contribution < 1.29 is 9.53 Å². The molecule has 0 atom stereocenters. The van der Waals surface area contributed by atoms with Crippen molar-refractivity contribution in [2.24, 2.45) is 5.92 Å². The summed E-state index contributed by atoms with van der Waals surface area (Å²) in [4.78, 5) is 14.2. The molecule has 0 N–H and O–H groups in total. The molecule has 0 unspecified atom stereocenters. The first-order chi connectivity index (χ1) is 7.66. The molecule has 1 saturated heterocycles. The molecular weight excluding hydrogens is 202 g/mol. The first kappa shape index (κ1) is 11.9. The van der Waals surface area contributed by atoms with Crippen LogP contribution in [0.1, 0.15) is 46.0 Å². The van der Waals surface area contributed by atoms with Gasteiger partial charge in [0.05, 0.1) is 13.0 Å². The van der Waals surface area contributed by atoms with Crippen molar-refractivity contribution in [2.45, 2.75) is 51.5 Å². The maximum Gasteiger partial charge on any atom is 0.307 e. The van der Waals surface area contributed by atoms with Crippen LogP contribution >= 0.6 is 0 Å². The lowest BCUT2D eigenvalue weighted by molar-refractivity contribution is -0.149. The molecule has 1 saturated carbocycles. The second-order valence-electron chi connectivity index (χ2n) is 5.41. The van der Waals surface area contributed by atoms with E-state index in [-0.39, 0.29) is 11.5 Å². The molecule has 1 aliphatic carbocycles. The number of nitrogens with zero attached hydrogens (tertiary/aromatic N) is 1. The van der Waals surface area contributed by atoms with Gasteiger partial charge >= 0.3 is 5.97 Å². The van der Waals surface area contributed by atoms with Gasteiger partial charge in [-0.2, -0.15) is 0 Å². The van der Waals surface area contributed by atoms with Crippen LogP contribution in [0.15, 0.2) is 0 Å². The average Bonchev–Trinajstić information content (AvgIpc) is 2.68. The normalized spacial score (nSPS) is 34.8. The molecule has 1 aliphatic heterocycles. The fourth-order valence-electron chi connectivity index (χ4n) is 3.42. The van der Waals surface area contributed by atoms with Crippen molar-refractivity contribution in [3.8, 4) is 0 Å². The van der Waals surface area contributed by atoms with Crippen LogP contribution in [0.2, 0.25) is 0 Å². The number of ether oxygens (including phenoxy) is 1. The molecular formula is C13H23NO2. The Balaban J connectivity index is 1.96. The number of carbonyl (C=O) groups is 1. The third-order valence-electron chi connectivity index (χ3n) is 4.01. The molecule has 0 spiro atoms. The number of likely N-dealkylation sites (tertiary alicyclic amines) is 1. The van der Waals surface area contributed by atoms with Crippen molar-refractivity contribution in [2.75, 3.05) is 19.7 Å². The smallest absolute Gasteiger partial charge is 0.307 e. The molecule has 1 heterocycles. The van der Waals surface area contributed by atoms with Crippen molar-refractivity contribution in [1.82, 2.24) is 4.90 Å². The highest BCUT2D eigenvalue weighted by atomic mass is 16.5. The highest BCUT2D eigenvalue weighted by molar-refractivity contribution is 5.71. The number of hydrogen-bond donors (Lipinski definition) is 0. The zero-order chi connectivity index (χ0) is 11.6. The molecule has 2 rings (SSSR count). The average molecular weight is 225 g/mol. The maximum atomic E-state index is 11.7. The molecule has 0 aromatic rings. The Labute approximate surface area is 98.1 Å². The standard InChI is InChI=1S/C13H23NO2/c1-3-16-12(15)10-13(8-11(2)9-13)14-6-4-5-7-14/h11H,3-10H2,1-2H3. The molecule has 16 heavy (non-hydrogen) atoms. The van der Waals surface area contributed by atoms with E-state index in [4.69, 9.17) is 4.74 Å². The molecule has 0 radical (unpaired) electrons. The van der Waals surface area contributed by atoms with E-state index >= 15 is 0 Å². The molecule has 92 valence electrons. The van der Waals surface area contributed by atoms with Crippen molar-refractivity contribution in [3.05, 3.63) is 0 Å². The van der Waals surface area contributed by atoms with Crippen LogP contribution in [0.25, 0.3) is 0 Å². The molecule has 0 aromatic carbocycles. The van der Waals surface area contributed by atoms with E-state index in [2.05, 4.69) is 11.8 Å². The topological polar surface area (TPSA) is 29.5 Å². The van der Waals surface area contributed by atoms with E-state index in [1.807, 2.05) is 6.92 Å². The second-order valence-corrected chi connectivity index (χ2v) is 5.41. The Morgan fingerprint density at radius 1 is 1.38 bits per heavy atom. The van der Waals surface area contributed by atoms with E-state index in [1.165, 1.54) is 38.8 Å². The lowest BCUT2D eigenvalue weighted by atomic mass is 9.66. The minimum atomic E-state index is -0.0127. The Hall–Kier alpha value is -0.570. The predicted octanol–water partition coefficient (Wildman–Crippen LogP) is 2.20. The summed E-state index contributed by atoms with van der Waals surface area (Å²) >= 11 is 0. The van der Waals surface area contributed by atoms with Gasteiger partial charge in [-0.25, -0.2) is 0 Å². The number of esters is 1. The Kier molecular flexibility index (Phi) is 3.53. The van der Waals surface area contributed by atoms with Crippen LogP contribution in [0.3, 0.4) is 0 Å². The lowest BCUT2D eigenvalue weighted by Crippen LogP contribution is -2.57. The Morgan fingerprint density at radius 2 is 2.00 bits per heavy atom. The van der Waals surface area contributed by atoms with Crippen LogP contribution in [0, 0.1) is 5.92 Å². The van der Waals surface area contributed by atoms with Crippen molar-refractivity contribution in [1.29, 1.82) is 0 Å². The second kappa shape index (κ2) is 4.74. The van der Waals surface area contributed by atoms with Gasteiger partial charge in [0, 0.05) is 5.54 Å². The first-order valence-corrected chi connectivity index (χ1v) is 6.57. The van der Waals surface area contributed by atoms with Gasteiger partial charge in [0.25, 0.3) is 0 Å². The third-order valence-corrected chi connectivity index (χ3v) is 4.01. The highest BCUT2D eigenvalue weighted by Gasteiger charge is 2.48. The Morgan fingerprint density at radius 3 is 2.50 bits per heavy atom. The number of carbonyl (C=O) groups excluding carboxylic acids is 1. The van der Waals surface area contributed by atoms with E-state index in [9.17, 15) is 4.79 Å². The third kappa shape index (κ3) is 2.24. The van der Waals surface area contributed by atoms with E-state index in [0.29, 0.717) is 13.0 Å². The van der Waals surface area contributed by atoms with Gasteiger partial charge in [-0.1, -0.05) is 6.92 Å². The summed E-state index contributed by atoms with van der Waals surface area (Å²) in [5.74, 6) is 0.760. The monoisotopic (exact) mass is 225 g/mol. The molecule has 3 nitrogen and oxygen atoms in total. The van der Waals surface area contributed by atoms with Crippen LogP contribution < -0.4 is 0 Å². The highest BCUT2D eigenvalue weighted by Crippen LogP contribution is 2.46. The van der Waals surface area contributed by atoms with Crippen molar-refractivity contribution >= 4 is 5.97 Å². The van der Waals surface area contributed by atoms with Gasteiger partial charge in [-0.05, 0) is 51.6 Å². The summed E-state index contributed by atoms with van der Waals surface area (Å²) in [6.45, 7) is 7.01. The summed E-state index contributed by atoms with van der Waals surface area (Å²) in [6, 6.07) is 0. The number of rotatable bonds is 4. The van der Waals surface area contributed by atoms with Crippen LogP contribution in [0.4, 0.5) is 0 Å². The molecule has 3 heteroatoms. The van der Waals surface area contributed by atoms with Gasteiger partial charge < -0.3 is 4.74 Å². The van der Waals surface area contributed by atoms with E-state index < -0.39 is 0 Å². The minimum Gasteiger partial charge on any atom is -0.466 e. The summed E-state index contributed by atoms with van der Waals surface area (Å²) in [5.41, 5.74) is 0.155. The molecule has 0 aromatic heterocycles. The maximum absolute atomic E-state index is 11.7. The fourth-order valence-corrected chi connectivity index (χ4v) is 3.42. The lowest BCUT2D eigenvalue weighted by Gasteiger charge is -2.52. The summed E-state index contributed by atoms with van der Waals surface area (Å²) in [7, 11) is 0. The molecule has 2 fully saturated rings. The van der Waals surface area contributed by atoms with E-state index in [0.717, 1.165) is 5.92 Å². The van der Waals surface area contributed by atoms with Crippen LogP contribution in [-0.2, 0) is 9.53 Å². The molecule has 0 bridgehead atoms. The largest absolute Gasteiger partial charge is 0.466 e. The fraction of sp³-hybridized carbons (Fsp3) is 0.923. The summed E-state index contributed by atoms with van der Waals surface area (Å²) < 4.78 is 5.10. The van der Waals surface area contributed by atoms with Crippen molar-refractivity contribution in [3.63, 3.8) is 0 Å². The quantitative estimate of drug-likeness (QED) is 0.687. The van der Waals surface area contributed by atoms with Crippen LogP contribution in [0.5, 0.6) is 0 Å². The van der Waals surface area contributed by atoms with Gasteiger partial charge in [-0.3, -0.25) is 9.69 Å². The van der Waals surface area contributed by atoms with E-state index in [1.54, 1.807) is 0 Å². The minimum absolute atomic E-state index is 0.0127. The zero-order valence-electron chi connectivity index (χ0n) is 10.5. The number of hydrogen-bond acceptors (Lipinski definition) is 3. The zero-order valence-corrected chi connectivity index (χ0v) is 10.5. The summed E-state index contributed by atoms with van der Waals surface area (Å²) in [5, 5.41) is 0. The molecule has 2 aliphatic rings. The molecule has 0 amide bonds. The van der Waals surface area contributed by atoms with Gasteiger partial charge in [-0.15, -0.1) is 0 Å². The summed E-state index contributed by atoms with van der Waals surface area (Å²) in [6.07, 6.45) is 5.53. The first-order valence-electron chi connectivity index (χ1n) is 6.57.